The van der Waals surface area contributed by atoms with E-state index in [0.717, 1.165) is 25.1 Å². The van der Waals surface area contributed by atoms with Crippen molar-refractivity contribution in [2.24, 2.45) is 5.73 Å². The van der Waals surface area contributed by atoms with Crippen molar-refractivity contribution in [2.75, 3.05) is 13.6 Å². The summed E-state index contributed by atoms with van der Waals surface area (Å²) in [6, 6.07) is 10.6. The highest BCUT2D eigenvalue weighted by atomic mass is 32.1. The van der Waals surface area contributed by atoms with Crippen LogP contribution in [0.25, 0.3) is 0 Å². The molecule has 0 radical (unpaired) electrons. The van der Waals surface area contributed by atoms with Gasteiger partial charge in [0, 0.05) is 23.5 Å². The predicted octanol–water partition coefficient (Wildman–Crippen LogP) is 3.23. The van der Waals surface area contributed by atoms with Crippen LogP contribution in [0, 0.1) is 6.92 Å². The molecule has 0 saturated carbocycles. The molecule has 2 N–H and O–H groups in total. The van der Waals surface area contributed by atoms with Gasteiger partial charge in [-0.25, -0.2) is 4.98 Å². The summed E-state index contributed by atoms with van der Waals surface area (Å²) in [7, 11) is 2.18. The molecule has 2 aromatic rings. The second-order valence-corrected chi connectivity index (χ2v) is 6.60. The van der Waals surface area contributed by atoms with E-state index in [0.29, 0.717) is 6.54 Å². The predicted molar refractivity (Wildman–Crippen MR) is 90.5 cm³/mol. The fraction of sp³-hybridized carbons (Fsp3) is 0.471. The standard InChI is InChI=1S/C17H25N3S/c1-4-17(12-18,10-15-8-6-5-7-9-15)20(3)11-16-14(2)19-13-21-16/h5-9,13H,4,10-12,18H2,1-3H3. The molecule has 0 aliphatic carbocycles. The molecule has 0 amide bonds. The second-order valence-electron chi connectivity index (χ2n) is 5.66. The number of likely N-dealkylation sites (N-methyl/N-ethyl adjacent to an activating group) is 1. The summed E-state index contributed by atoms with van der Waals surface area (Å²) in [6.45, 7) is 5.87. The number of aromatic nitrogens is 1. The molecule has 0 aliphatic rings. The van der Waals surface area contributed by atoms with Crippen molar-refractivity contribution in [3.63, 3.8) is 0 Å². The summed E-state index contributed by atoms with van der Waals surface area (Å²) in [6.07, 6.45) is 2.02. The van der Waals surface area contributed by atoms with E-state index < -0.39 is 0 Å². The lowest BCUT2D eigenvalue weighted by molar-refractivity contribution is 0.113. The highest BCUT2D eigenvalue weighted by Gasteiger charge is 2.32. The summed E-state index contributed by atoms with van der Waals surface area (Å²) in [5, 5.41) is 0. The van der Waals surface area contributed by atoms with Gasteiger partial charge in [0.05, 0.1) is 11.2 Å². The highest BCUT2D eigenvalue weighted by Crippen LogP contribution is 2.26. The lowest BCUT2D eigenvalue weighted by atomic mass is 9.86. The van der Waals surface area contributed by atoms with Gasteiger partial charge in [-0.2, -0.15) is 0 Å². The number of nitrogens with zero attached hydrogens (tertiary/aromatic N) is 2. The van der Waals surface area contributed by atoms with Gasteiger partial charge in [0.25, 0.3) is 0 Å². The number of benzene rings is 1. The summed E-state index contributed by atoms with van der Waals surface area (Å²) in [5.41, 5.74) is 10.6. The van der Waals surface area contributed by atoms with Gasteiger partial charge in [-0.1, -0.05) is 37.3 Å². The van der Waals surface area contributed by atoms with Crippen molar-refractivity contribution in [3.8, 4) is 0 Å². The van der Waals surface area contributed by atoms with Crippen LogP contribution in [0.3, 0.4) is 0 Å². The SMILES string of the molecule is CCC(CN)(Cc1ccccc1)N(C)Cc1scnc1C. The summed E-state index contributed by atoms with van der Waals surface area (Å²) >= 11 is 1.73. The topological polar surface area (TPSA) is 42.1 Å². The first-order valence-corrected chi connectivity index (χ1v) is 8.33. The summed E-state index contributed by atoms with van der Waals surface area (Å²) in [4.78, 5) is 8.08. The van der Waals surface area contributed by atoms with Gasteiger partial charge in [0.2, 0.25) is 0 Å². The minimum atomic E-state index is -0.00220. The van der Waals surface area contributed by atoms with E-state index in [2.05, 4.69) is 61.1 Å². The number of rotatable bonds is 7. The van der Waals surface area contributed by atoms with Crippen molar-refractivity contribution < 1.29 is 0 Å². The van der Waals surface area contributed by atoms with Gasteiger partial charge < -0.3 is 5.73 Å². The molecule has 1 heterocycles. The molecule has 0 spiro atoms. The van der Waals surface area contributed by atoms with Crippen molar-refractivity contribution in [2.45, 2.75) is 38.8 Å². The monoisotopic (exact) mass is 303 g/mol. The van der Waals surface area contributed by atoms with E-state index in [1.165, 1.54) is 10.4 Å². The second kappa shape index (κ2) is 7.16. The van der Waals surface area contributed by atoms with Crippen molar-refractivity contribution in [1.82, 2.24) is 9.88 Å². The van der Waals surface area contributed by atoms with E-state index in [1.807, 2.05) is 5.51 Å². The average molecular weight is 303 g/mol. The van der Waals surface area contributed by atoms with Crippen LogP contribution in [0.2, 0.25) is 0 Å². The van der Waals surface area contributed by atoms with E-state index in [4.69, 9.17) is 5.73 Å². The fourth-order valence-electron chi connectivity index (χ4n) is 2.74. The van der Waals surface area contributed by atoms with Crippen molar-refractivity contribution in [3.05, 3.63) is 52.0 Å². The van der Waals surface area contributed by atoms with E-state index in [9.17, 15) is 0 Å². The van der Waals surface area contributed by atoms with Gasteiger partial charge in [-0.05, 0) is 32.4 Å². The summed E-state index contributed by atoms with van der Waals surface area (Å²) in [5.74, 6) is 0. The molecular weight excluding hydrogens is 278 g/mol. The van der Waals surface area contributed by atoms with Gasteiger partial charge in [-0.3, -0.25) is 4.90 Å². The Morgan fingerprint density at radius 1 is 1.29 bits per heavy atom. The Morgan fingerprint density at radius 3 is 2.52 bits per heavy atom. The molecule has 1 aromatic carbocycles. The molecule has 0 bridgehead atoms. The van der Waals surface area contributed by atoms with Crippen LogP contribution in [-0.4, -0.2) is 29.0 Å². The largest absolute Gasteiger partial charge is 0.329 e. The maximum Gasteiger partial charge on any atom is 0.0798 e. The maximum absolute atomic E-state index is 6.18. The maximum atomic E-state index is 6.18. The minimum Gasteiger partial charge on any atom is -0.329 e. The number of nitrogens with two attached hydrogens (primary N) is 1. The third-order valence-corrected chi connectivity index (χ3v) is 5.37. The Balaban J connectivity index is 2.18. The van der Waals surface area contributed by atoms with Crippen LogP contribution in [0.1, 0.15) is 29.5 Å². The van der Waals surface area contributed by atoms with Gasteiger partial charge in [0.1, 0.15) is 0 Å². The third kappa shape index (κ3) is 3.70. The van der Waals surface area contributed by atoms with Crippen LogP contribution in [0.5, 0.6) is 0 Å². The molecule has 1 aromatic heterocycles. The molecule has 3 nitrogen and oxygen atoms in total. The molecule has 0 fully saturated rings. The quantitative estimate of drug-likeness (QED) is 0.854. The first-order valence-electron chi connectivity index (χ1n) is 7.45. The Labute approximate surface area is 131 Å². The van der Waals surface area contributed by atoms with Gasteiger partial charge in [0.15, 0.2) is 0 Å². The molecule has 2 rings (SSSR count). The molecule has 114 valence electrons. The van der Waals surface area contributed by atoms with Crippen LogP contribution in [0.15, 0.2) is 35.8 Å². The van der Waals surface area contributed by atoms with Crippen LogP contribution in [-0.2, 0) is 13.0 Å². The van der Waals surface area contributed by atoms with E-state index in [-0.39, 0.29) is 5.54 Å². The Morgan fingerprint density at radius 2 is 2.00 bits per heavy atom. The molecule has 0 aliphatic heterocycles. The zero-order chi connectivity index (χ0) is 15.3. The summed E-state index contributed by atoms with van der Waals surface area (Å²) < 4.78 is 0. The molecular formula is C17H25N3S. The minimum absolute atomic E-state index is 0.00220. The highest BCUT2D eigenvalue weighted by molar-refractivity contribution is 7.09. The first-order chi connectivity index (χ1) is 10.1. The zero-order valence-corrected chi connectivity index (χ0v) is 14.0. The average Bonchev–Trinajstić information content (AvgIpc) is 2.91. The molecule has 0 saturated heterocycles. The third-order valence-electron chi connectivity index (χ3n) is 4.45. The lowest BCUT2D eigenvalue weighted by Crippen LogP contribution is -2.53. The van der Waals surface area contributed by atoms with Gasteiger partial charge in [-0.15, -0.1) is 11.3 Å². The van der Waals surface area contributed by atoms with E-state index in [1.54, 1.807) is 11.3 Å². The lowest BCUT2D eigenvalue weighted by Gasteiger charge is -2.41. The zero-order valence-electron chi connectivity index (χ0n) is 13.2. The number of thiazole rings is 1. The molecule has 21 heavy (non-hydrogen) atoms. The Hall–Kier alpha value is -1.23. The van der Waals surface area contributed by atoms with Crippen molar-refractivity contribution in [1.29, 1.82) is 0 Å². The fourth-order valence-corrected chi connectivity index (χ4v) is 3.57. The number of hydrogen-bond donors (Lipinski definition) is 1. The number of hydrogen-bond acceptors (Lipinski definition) is 4. The molecule has 1 unspecified atom stereocenters. The van der Waals surface area contributed by atoms with E-state index >= 15 is 0 Å². The smallest absolute Gasteiger partial charge is 0.0798 e. The van der Waals surface area contributed by atoms with Crippen molar-refractivity contribution >= 4 is 11.3 Å². The van der Waals surface area contributed by atoms with Crippen LogP contribution < -0.4 is 5.73 Å². The normalized spacial score (nSPS) is 14.3. The molecule has 1 atom stereocenters. The Bertz CT molecular complexity index is 546. The first kappa shape index (κ1) is 16.1. The van der Waals surface area contributed by atoms with Crippen LogP contribution in [0.4, 0.5) is 0 Å². The molecule has 4 heteroatoms. The Kier molecular flexibility index (Phi) is 5.51. The van der Waals surface area contributed by atoms with Crippen LogP contribution >= 0.6 is 11.3 Å². The number of aryl methyl sites for hydroxylation is 1. The van der Waals surface area contributed by atoms with Gasteiger partial charge >= 0.3 is 0 Å².